The minimum absolute atomic E-state index is 0.0469. The van der Waals surface area contributed by atoms with Crippen molar-refractivity contribution in [1.29, 1.82) is 0 Å². The van der Waals surface area contributed by atoms with E-state index in [1.54, 1.807) is 41.2 Å². The van der Waals surface area contributed by atoms with Gasteiger partial charge in [-0.1, -0.05) is 0 Å². The van der Waals surface area contributed by atoms with Gasteiger partial charge in [0, 0.05) is 29.8 Å². The molecule has 0 aliphatic carbocycles. The molecule has 18 heavy (non-hydrogen) atoms. The molecule has 1 aromatic carbocycles. The Labute approximate surface area is 113 Å². The molecule has 0 bridgehead atoms. The first-order valence-corrected chi connectivity index (χ1v) is 8.48. The van der Waals surface area contributed by atoms with Crippen LogP contribution >= 0.6 is 11.8 Å². The van der Waals surface area contributed by atoms with Gasteiger partial charge in [-0.25, -0.2) is 8.42 Å². The third kappa shape index (κ3) is 2.50. The van der Waals surface area contributed by atoms with Crippen LogP contribution in [0.2, 0.25) is 0 Å². The van der Waals surface area contributed by atoms with Gasteiger partial charge in [0.2, 0.25) is 10.0 Å². The van der Waals surface area contributed by atoms with Crippen molar-refractivity contribution >= 4 is 27.5 Å². The second kappa shape index (κ2) is 5.11. The molecule has 6 heteroatoms. The van der Waals surface area contributed by atoms with Crippen molar-refractivity contribution in [3.63, 3.8) is 0 Å². The fourth-order valence-electron chi connectivity index (χ4n) is 2.16. The maximum atomic E-state index is 12.6. The molecule has 100 valence electrons. The molecule has 1 heterocycles. The topological polar surface area (TPSA) is 63.4 Å². The molecule has 1 unspecified atom stereocenters. The predicted octanol–water partition coefficient (Wildman–Crippen LogP) is 1.70. The van der Waals surface area contributed by atoms with Crippen molar-refractivity contribution in [2.75, 3.05) is 23.8 Å². The Balaban J connectivity index is 2.41. The standard InChI is InChI=1S/C12H18N2O2S2/c1-9-7-11(13)3-4-12(9)18(15,16)14-5-6-17-8-10(14)2/h3-4,7,10H,5-6,8,13H2,1-2H3. The highest BCUT2D eigenvalue weighted by Crippen LogP contribution is 2.27. The number of anilines is 1. The Hall–Kier alpha value is -0.720. The molecular formula is C12H18N2O2S2. The SMILES string of the molecule is Cc1cc(N)ccc1S(=O)(=O)N1CCSCC1C. The van der Waals surface area contributed by atoms with Crippen LogP contribution in [0, 0.1) is 6.92 Å². The van der Waals surface area contributed by atoms with E-state index in [4.69, 9.17) is 5.73 Å². The second-order valence-electron chi connectivity index (χ2n) is 4.56. The molecule has 0 aromatic heterocycles. The quantitative estimate of drug-likeness (QED) is 0.841. The molecule has 1 fully saturated rings. The Morgan fingerprint density at radius 3 is 2.78 bits per heavy atom. The maximum Gasteiger partial charge on any atom is 0.243 e. The summed E-state index contributed by atoms with van der Waals surface area (Å²) in [5.74, 6) is 1.71. The maximum absolute atomic E-state index is 12.6. The minimum Gasteiger partial charge on any atom is -0.399 e. The van der Waals surface area contributed by atoms with Gasteiger partial charge in [0.1, 0.15) is 0 Å². The third-order valence-corrected chi connectivity index (χ3v) is 6.46. The number of thioether (sulfide) groups is 1. The molecule has 1 aliphatic heterocycles. The van der Waals surface area contributed by atoms with Crippen molar-refractivity contribution < 1.29 is 8.42 Å². The first-order valence-electron chi connectivity index (χ1n) is 5.88. The number of nitrogen functional groups attached to an aromatic ring is 1. The van der Waals surface area contributed by atoms with E-state index in [9.17, 15) is 8.42 Å². The number of hydrogen-bond acceptors (Lipinski definition) is 4. The Kier molecular flexibility index (Phi) is 3.89. The highest BCUT2D eigenvalue weighted by Gasteiger charge is 2.32. The zero-order chi connectivity index (χ0) is 13.3. The van der Waals surface area contributed by atoms with Gasteiger partial charge in [0.25, 0.3) is 0 Å². The summed E-state index contributed by atoms with van der Waals surface area (Å²) < 4.78 is 26.8. The Morgan fingerprint density at radius 2 is 2.17 bits per heavy atom. The highest BCUT2D eigenvalue weighted by atomic mass is 32.2. The van der Waals surface area contributed by atoms with Crippen LogP contribution in [0.15, 0.2) is 23.1 Å². The molecular weight excluding hydrogens is 268 g/mol. The summed E-state index contributed by atoms with van der Waals surface area (Å²) in [4.78, 5) is 0.371. The van der Waals surface area contributed by atoms with Gasteiger partial charge in [0.15, 0.2) is 0 Å². The molecule has 4 nitrogen and oxygen atoms in total. The normalized spacial score (nSPS) is 22.0. The van der Waals surface area contributed by atoms with Crippen LogP contribution in [-0.2, 0) is 10.0 Å². The average molecular weight is 286 g/mol. The lowest BCUT2D eigenvalue weighted by molar-refractivity contribution is 0.367. The smallest absolute Gasteiger partial charge is 0.243 e. The number of nitrogens with zero attached hydrogens (tertiary/aromatic N) is 1. The lowest BCUT2D eigenvalue weighted by atomic mass is 10.2. The molecule has 1 saturated heterocycles. The van der Waals surface area contributed by atoms with Crippen LogP contribution in [0.1, 0.15) is 12.5 Å². The van der Waals surface area contributed by atoms with Crippen molar-refractivity contribution in [2.24, 2.45) is 0 Å². The molecule has 1 aliphatic rings. The van der Waals surface area contributed by atoms with E-state index in [0.29, 0.717) is 22.7 Å². The molecule has 2 rings (SSSR count). The molecule has 0 amide bonds. The van der Waals surface area contributed by atoms with E-state index < -0.39 is 10.0 Å². The number of hydrogen-bond donors (Lipinski definition) is 1. The van der Waals surface area contributed by atoms with Crippen LogP contribution in [0.4, 0.5) is 5.69 Å². The van der Waals surface area contributed by atoms with Gasteiger partial charge in [-0.3, -0.25) is 0 Å². The average Bonchev–Trinajstić information content (AvgIpc) is 2.28. The number of benzene rings is 1. The molecule has 2 N–H and O–H groups in total. The van der Waals surface area contributed by atoms with Gasteiger partial charge in [-0.2, -0.15) is 16.1 Å². The summed E-state index contributed by atoms with van der Waals surface area (Å²) in [7, 11) is -3.39. The molecule has 0 radical (unpaired) electrons. The highest BCUT2D eigenvalue weighted by molar-refractivity contribution is 7.99. The van der Waals surface area contributed by atoms with Gasteiger partial charge in [-0.05, 0) is 37.6 Å². The largest absolute Gasteiger partial charge is 0.399 e. The summed E-state index contributed by atoms with van der Waals surface area (Å²) in [5.41, 5.74) is 6.96. The van der Waals surface area contributed by atoms with Gasteiger partial charge in [0.05, 0.1) is 4.90 Å². The van der Waals surface area contributed by atoms with Crippen LogP contribution in [-0.4, -0.2) is 36.8 Å². The van der Waals surface area contributed by atoms with Gasteiger partial charge in [-0.15, -0.1) is 0 Å². The first-order chi connectivity index (χ1) is 8.43. The summed E-state index contributed by atoms with van der Waals surface area (Å²) in [6, 6.07) is 5.00. The summed E-state index contributed by atoms with van der Waals surface area (Å²) in [6.07, 6.45) is 0. The number of nitrogens with two attached hydrogens (primary N) is 1. The van der Waals surface area contributed by atoms with Crippen LogP contribution in [0.25, 0.3) is 0 Å². The summed E-state index contributed by atoms with van der Waals surface area (Å²) in [6.45, 7) is 4.32. The van der Waals surface area contributed by atoms with Gasteiger partial charge < -0.3 is 5.73 Å². The first kappa shape index (κ1) is 13.7. The number of sulfonamides is 1. The van der Waals surface area contributed by atoms with Crippen LogP contribution in [0.5, 0.6) is 0 Å². The monoisotopic (exact) mass is 286 g/mol. The predicted molar refractivity (Wildman–Crippen MR) is 76.3 cm³/mol. The molecule has 1 aromatic rings. The lowest BCUT2D eigenvalue weighted by Crippen LogP contribution is -2.44. The molecule has 0 spiro atoms. The fourth-order valence-corrected chi connectivity index (χ4v) is 5.22. The zero-order valence-electron chi connectivity index (χ0n) is 10.6. The number of rotatable bonds is 2. The van der Waals surface area contributed by atoms with Crippen molar-refractivity contribution in [2.45, 2.75) is 24.8 Å². The summed E-state index contributed by atoms with van der Waals surface area (Å²) >= 11 is 1.80. The van der Waals surface area contributed by atoms with Gasteiger partial charge >= 0.3 is 0 Å². The number of aryl methyl sites for hydroxylation is 1. The van der Waals surface area contributed by atoms with E-state index >= 15 is 0 Å². The molecule has 1 atom stereocenters. The lowest BCUT2D eigenvalue weighted by Gasteiger charge is -2.32. The minimum atomic E-state index is -3.39. The van der Waals surface area contributed by atoms with E-state index in [1.807, 2.05) is 6.92 Å². The van der Waals surface area contributed by atoms with Crippen LogP contribution in [0.3, 0.4) is 0 Å². The Morgan fingerprint density at radius 1 is 1.44 bits per heavy atom. The molecule has 0 saturated carbocycles. The van der Waals surface area contributed by atoms with E-state index in [2.05, 4.69) is 0 Å². The summed E-state index contributed by atoms with van der Waals surface area (Å²) in [5, 5.41) is 0. The van der Waals surface area contributed by atoms with Crippen molar-refractivity contribution in [3.05, 3.63) is 23.8 Å². The van der Waals surface area contributed by atoms with Crippen LogP contribution < -0.4 is 5.73 Å². The zero-order valence-corrected chi connectivity index (χ0v) is 12.2. The second-order valence-corrected chi connectivity index (χ2v) is 7.57. The van der Waals surface area contributed by atoms with Crippen molar-refractivity contribution in [1.82, 2.24) is 4.31 Å². The van der Waals surface area contributed by atoms with E-state index in [0.717, 1.165) is 11.5 Å². The van der Waals surface area contributed by atoms with E-state index in [1.165, 1.54) is 0 Å². The third-order valence-electron chi connectivity index (χ3n) is 3.09. The fraction of sp³-hybridized carbons (Fsp3) is 0.500. The van der Waals surface area contributed by atoms with Crippen molar-refractivity contribution in [3.8, 4) is 0 Å². The van der Waals surface area contributed by atoms with E-state index in [-0.39, 0.29) is 6.04 Å². The Bertz CT molecular complexity index is 543.